The summed E-state index contributed by atoms with van der Waals surface area (Å²) in [5, 5.41) is 11.4. The van der Waals surface area contributed by atoms with Crippen LogP contribution in [-0.2, 0) is 14.3 Å². The second-order valence-electron chi connectivity index (χ2n) is 9.29. The van der Waals surface area contributed by atoms with Crippen molar-refractivity contribution < 1.29 is 33.6 Å². The van der Waals surface area contributed by atoms with Crippen LogP contribution in [0.1, 0.15) is 36.9 Å². The topological polar surface area (TPSA) is 97.8 Å². The highest BCUT2D eigenvalue weighted by Crippen LogP contribution is 2.42. The summed E-state index contributed by atoms with van der Waals surface area (Å²) in [5.41, 5.74) is 1.08. The lowest BCUT2D eigenvalue weighted by Gasteiger charge is -2.31. The fraction of sp³-hybridized carbons (Fsp3) is 0.448. The summed E-state index contributed by atoms with van der Waals surface area (Å²) in [7, 11) is 3.08. The first-order valence-corrected chi connectivity index (χ1v) is 13.0. The van der Waals surface area contributed by atoms with E-state index in [1.54, 1.807) is 43.5 Å². The molecule has 1 N–H and O–H groups in total. The molecule has 2 aliphatic heterocycles. The Morgan fingerprint density at radius 1 is 1.03 bits per heavy atom. The molecule has 0 aromatic heterocycles. The lowest BCUT2D eigenvalue weighted by Crippen LogP contribution is -2.42. The maximum absolute atomic E-state index is 13.4. The van der Waals surface area contributed by atoms with Gasteiger partial charge in [-0.3, -0.25) is 14.5 Å². The molecular formula is C29H36N2O7. The Morgan fingerprint density at radius 3 is 2.53 bits per heavy atom. The van der Waals surface area contributed by atoms with Crippen molar-refractivity contribution in [3.05, 3.63) is 59.2 Å². The number of morpholine rings is 1. The molecule has 38 heavy (non-hydrogen) atoms. The molecular weight excluding hydrogens is 488 g/mol. The average Bonchev–Trinajstić information content (AvgIpc) is 3.21. The minimum absolute atomic E-state index is 0.0342. The Kier molecular flexibility index (Phi) is 9.25. The number of unbranched alkanes of at least 4 members (excludes halogenated alkanes) is 1. The van der Waals surface area contributed by atoms with E-state index >= 15 is 0 Å². The van der Waals surface area contributed by atoms with Gasteiger partial charge in [0.2, 0.25) is 0 Å². The molecule has 2 aliphatic rings. The van der Waals surface area contributed by atoms with Gasteiger partial charge in [0.05, 0.1) is 45.7 Å². The third-order valence-corrected chi connectivity index (χ3v) is 6.90. The number of aliphatic hydroxyl groups excluding tert-OH is 1. The number of benzene rings is 2. The number of amides is 1. The third kappa shape index (κ3) is 5.95. The number of hydrogen-bond acceptors (Lipinski definition) is 8. The zero-order valence-corrected chi connectivity index (χ0v) is 22.3. The van der Waals surface area contributed by atoms with Crippen molar-refractivity contribution in [1.29, 1.82) is 0 Å². The minimum Gasteiger partial charge on any atom is -0.507 e. The van der Waals surface area contributed by atoms with Crippen LogP contribution in [0.15, 0.2) is 48.0 Å². The molecule has 9 heteroatoms. The van der Waals surface area contributed by atoms with Crippen LogP contribution in [-0.4, -0.2) is 86.8 Å². The number of carbonyl (C=O) groups excluding carboxylic acids is 2. The molecule has 1 atom stereocenters. The fourth-order valence-electron chi connectivity index (χ4n) is 4.76. The third-order valence-electron chi connectivity index (χ3n) is 6.90. The van der Waals surface area contributed by atoms with Gasteiger partial charge in [-0.2, -0.15) is 0 Å². The maximum atomic E-state index is 13.4. The second kappa shape index (κ2) is 12.8. The molecule has 0 aliphatic carbocycles. The van der Waals surface area contributed by atoms with Crippen LogP contribution in [0.2, 0.25) is 0 Å². The average molecular weight is 525 g/mol. The molecule has 0 radical (unpaired) electrons. The number of nitrogens with zero attached hydrogens (tertiary/aromatic N) is 2. The van der Waals surface area contributed by atoms with Crippen LogP contribution in [0.5, 0.6) is 17.2 Å². The van der Waals surface area contributed by atoms with E-state index in [2.05, 4.69) is 11.8 Å². The summed E-state index contributed by atoms with van der Waals surface area (Å²) < 4.78 is 22.2. The van der Waals surface area contributed by atoms with Gasteiger partial charge in [0.25, 0.3) is 11.7 Å². The smallest absolute Gasteiger partial charge is 0.295 e. The van der Waals surface area contributed by atoms with E-state index < -0.39 is 17.7 Å². The van der Waals surface area contributed by atoms with Gasteiger partial charge < -0.3 is 29.0 Å². The molecule has 2 heterocycles. The van der Waals surface area contributed by atoms with Crippen molar-refractivity contribution in [2.45, 2.75) is 25.8 Å². The summed E-state index contributed by atoms with van der Waals surface area (Å²) in [6.45, 7) is 6.34. The van der Waals surface area contributed by atoms with Gasteiger partial charge in [-0.1, -0.05) is 31.5 Å². The van der Waals surface area contributed by atoms with Crippen LogP contribution in [0.25, 0.3) is 5.76 Å². The Bertz CT molecular complexity index is 1170. The number of ketones is 1. The normalized spacial score (nSPS) is 19.6. The van der Waals surface area contributed by atoms with E-state index in [0.717, 1.165) is 25.9 Å². The molecule has 0 bridgehead atoms. The van der Waals surface area contributed by atoms with Crippen LogP contribution in [0, 0.1) is 0 Å². The summed E-state index contributed by atoms with van der Waals surface area (Å²) in [6, 6.07) is 11.4. The van der Waals surface area contributed by atoms with Gasteiger partial charge in [0.1, 0.15) is 11.5 Å². The fourth-order valence-corrected chi connectivity index (χ4v) is 4.76. The van der Waals surface area contributed by atoms with Gasteiger partial charge in [-0.05, 0) is 36.2 Å². The molecule has 2 aromatic carbocycles. The Hall–Kier alpha value is -3.56. The molecule has 2 fully saturated rings. The second-order valence-corrected chi connectivity index (χ2v) is 9.29. The van der Waals surface area contributed by atoms with Crippen LogP contribution < -0.4 is 14.2 Å². The highest BCUT2D eigenvalue weighted by atomic mass is 16.5. The van der Waals surface area contributed by atoms with E-state index in [1.165, 1.54) is 12.0 Å². The van der Waals surface area contributed by atoms with Gasteiger partial charge >= 0.3 is 0 Å². The van der Waals surface area contributed by atoms with E-state index in [9.17, 15) is 14.7 Å². The zero-order chi connectivity index (χ0) is 27.1. The maximum Gasteiger partial charge on any atom is 0.295 e. The monoisotopic (exact) mass is 524 g/mol. The first-order chi connectivity index (χ1) is 18.5. The standard InChI is InChI=1S/C29H36N2O7/c1-4-5-15-38-23-10-9-20(19-24(23)36-3)26-25(27(32)21-7-6-8-22(18-21)35-2)28(33)29(34)31(26)12-11-30-13-16-37-17-14-30/h6-10,18-19,26,32H,4-5,11-17H2,1-3H3. The number of aliphatic hydroxyl groups is 1. The molecule has 2 aromatic rings. The molecule has 1 amide bonds. The lowest BCUT2D eigenvalue weighted by molar-refractivity contribution is -0.140. The van der Waals surface area contributed by atoms with Gasteiger partial charge in [-0.15, -0.1) is 0 Å². The van der Waals surface area contributed by atoms with Crippen LogP contribution in [0.4, 0.5) is 0 Å². The molecule has 0 saturated carbocycles. The highest BCUT2D eigenvalue weighted by molar-refractivity contribution is 6.46. The van der Waals surface area contributed by atoms with Crippen molar-refractivity contribution in [1.82, 2.24) is 9.80 Å². The lowest BCUT2D eigenvalue weighted by atomic mass is 9.95. The zero-order valence-electron chi connectivity index (χ0n) is 22.3. The minimum atomic E-state index is -0.791. The molecule has 9 nitrogen and oxygen atoms in total. The molecule has 4 rings (SSSR count). The number of rotatable bonds is 11. The number of methoxy groups -OCH3 is 2. The molecule has 2 saturated heterocycles. The largest absolute Gasteiger partial charge is 0.507 e. The van der Waals surface area contributed by atoms with E-state index in [-0.39, 0.29) is 11.3 Å². The van der Waals surface area contributed by atoms with Gasteiger partial charge in [0.15, 0.2) is 11.5 Å². The summed E-state index contributed by atoms with van der Waals surface area (Å²) in [5.74, 6) is 0.00162. The highest BCUT2D eigenvalue weighted by Gasteiger charge is 2.46. The number of ether oxygens (including phenoxy) is 4. The SMILES string of the molecule is CCCCOc1ccc(C2C(=C(O)c3cccc(OC)c3)C(=O)C(=O)N2CCN2CCOCC2)cc1OC. The van der Waals surface area contributed by atoms with Crippen molar-refractivity contribution in [3.8, 4) is 17.2 Å². The summed E-state index contributed by atoms with van der Waals surface area (Å²) >= 11 is 0. The first kappa shape index (κ1) is 27.5. The van der Waals surface area contributed by atoms with Crippen molar-refractivity contribution in [3.63, 3.8) is 0 Å². The quantitative estimate of drug-likeness (QED) is 0.206. The van der Waals surface area contributed by atoms with E-state index in [0.29, 0.717) is 61.3 Å². The predicted molar refractivity (Wildman–Crippen MR) is 143 cm³/mol. The number of hydrogen-bond donors (Lipinski definition) is 1. The number of likely N-dealkylation sites (tertiary alicyclic amines) is 1. The molecule has 0 spiro atoms. The predicted octanol–water partition coefficient (Wildman–Crippen LogP) is 3.64. The van der Waals surface area contributed by atoms with E-state index in [1.807, 2.05) is 6.07 Å². The van der Waals surface area contributed by atoms with Crippen LogP contribution in [0.3, 0.4) is 0 Å². The van der Waals surface area contributed by atoms with E-state index in [4.69, 9.17) is 18.9 Å². The van der Waals surface area contributed by atoms with Gasteiger partial charge in [0, 0.05) is 31.7 Å². The Labute approximate surface area is 223 Å². The first-order valence-electron chi connectivity index (χ1n) is 13.0. The van der Waals surface area contributed by atoms with Crippen molar-refractivity contribution in [2.24, 2.45) is 0 Å². The molecule has 204 valence electrons. The van der Waals surface area contributed by atoms with Crippen LogP contribution >= 0.6 is 0 Å². The Morgan fingerprint density at radius 2 is 1.82 bits per heavy atom. The Balaban J connectivity index is 1.75. The summed E-state index contributed by atoms with van der Waals surface area (Å²) in [4.78, 5) is 30.5. The van der Waals surface area contributed by atoms with Crippen molar-refractivity contribution >= 4 is 17.4 Å². The molecule has 1 unspecified atom stereocenters. The summed E-state index contributed by atoms with van der Waals surface area (Å²) in [6.07, 6.45) is 1.91. The van der Waals surface area contributed by atoms with Crippen molar-refractivity contribution in [2.75, 3.05) is 60.2 Å². The number of carbonyl (C=O) groups is 2. The van der Waals surface area contributed by atoms with Gasteiger partial charge in [-0.25, -0.2) is 0 Å². The number of Topliss-reactive ketones (excluding diaryl/α,β-unsaturated/α-hetero) is 1.